The van der Waals surface area contributed by atoms with Gasteiger partial charge in [-0.1, -0.05) is 15.9 Å². The number of hydrogen-bond acceptors (Lipinski definition) is 5. The number of hydrogen-bond donors (Lipinski definition) is 0. The van der Waals surface area contributed by atoms with Crippen molar-refractivity contribution >= 4 is 37.3 Å². The largest absolute Gasteiger partial charge is 0.295 e. The fourth-order valence-corrected chi connectivity index (χ4v) is 4.88. The third-order valence-corrected chi connectivity index (χ3v) is 7.10. The Morgan fingerprint density at radius 1 is 1.17 bits per heavy atom. The summed E-state index contributed by atoms with van der Waals surface area (Å²) in [4.78, 5) is 7.07. The molecule has 0 saturated carbocycles. The molecule has 0 amide bonds. The molecule has 1 aromatic heterocycles. The molecule has 23 heavy (non-hydrogen) atoms. The summed E-state index contributed by atoms with van der Waals surface area (Å²) in [6, 6.07) is 6.80. The van der Waals surface area contributed by atoms with Crippen LogP contribution in [-0.2, 0) is 16.6 Å². The summed E-state index contributed by atoms with van der Waals surface area (Å²) < 4.78 is 27.7. The van der Waals surface area contributed by atoms with E-state index in [9.17, 15) is 8.42 Å². The van der Waals surface area contributed by atoms with E-state index in [4.69, 9.17) is 0 Å². The zero-order chi connectivity index (χ0) is 16.4. The lowest BCUT2D eigenvalue weighted by Crippen LogP contribution is -2.48. The van der Waals surface area contributed by atoms with E-state index < -0.39 is 10.0 Å². The molecule has 0 atom stereocenters. The maximum Gasteiger partial charge on any atom is 0.243 e. The molecule has 0 aliphatic carbocycles. The summed E-state index contributed by atoms with van der Waals surface area (Å²) in [6.07, 6.45) is 0. The molecule has 0 unspecified atom stereocenters. The Labute approximate surface area is 149 Å². The molecule has 3 rings (SSSR count). The van der Waals surface area contributed by atoms with Gasteiger partial charge in [0.25, 0.3) is 0 Å². The average molecular weight is 416 g/mol. The Balaban J connectivity index is 1.62. The molecule has 2 heterocycles. The van der Waals surface area contributed by atoms with Crippen molar-refractivity contribution in [3.63, 3.8) is 0 Å². The van der Waals surface area contributed by atoms with E-state index in [0.717, 1.165) is 34.8 Å². The summed E-state index contributed by atoms with van der Waals surface area (Å²) in [7, 11) is -3.40. The van der Waals surface area contributed by atoms with Crippen molar-refractivity contribution in [3.05, 3.63) is 44.8 Å². The molecule has 0 N–H and O–H groups in total. The highest BCUT2D eigenvalue weighted by atomic mass is 79.9. The Morgan fingerprint density at radius 2 is 1.83 bits per heavy atom. The van der Waals surface area contributed by atoms with Crippen LogP contribution in [0.1, 0.15) is 10.7 Å². The molecule has 2 aromatic rings. The fourth-order valence-electron chi connectivity index (χ4n) is 2.59. The molecule has 8 heteroatoms. The van der Waals surface area contributed by atoms with Gasteiger partial charge in [-0.25, -0.2) is 13.4 Å². The van der Waals surface area contributed by atoms with Gasteiger partial charge in [0.05, 0.1) is 15.6 Å². The molecule has 0 bridgehead atoms. The van der Waals surface area contributed by atoms with E-state index in [0.29, 0.717) is 18.0 Å². The second kappa shape index (κ2) is 6.98. The number of benzene rings is 1. The first kappa shape index (κ1) is 17.0. The quantitative estimate of drug-likeness (QED) is 0.769. The van der Waals surface area contributed by atoms with Crippen LogP contribution in [0.15, 0.2) is 39.0 Å². The number of rotatable bonds is 4. The lowest BCUT2D eigenvalue weighted by atomic mass is 10.3. The van der Waals surface area contributed by atoms with E-state index in [-0.39, 0.29) is 0 Å². The zero-order valence-corrected chi connectivity index (χ0v) is 16.0. The molecule has 0 spiro atoms. The Bertz CT molecular complexity index is 766. The van der Waals surface area contributed by atoms with Gasteiger partial charge in [0.15, 0.2) is 0 Å². The number of nitrogens with zero attached hydrogens (tertiary/aromatic N) is 3. The van der Waals surface area contributed by atoms with Crippen LogP contribution >= 0.6 is 27.3 Å². The smallest absolute Gasteiger partial charge is 0.243 e. The van der Waals surface area contributed by atoms with Crippen molar-refractivity contribution in [1.82, 2.24) is 14.2 Å². The molecular formula is C15H18BrN3O2S2. The summed E-state index contributed by atoms with van der Waals surface area (Å²) >= 11 is 4.98. The van der Waals surface area contributed by atoms with Gasteiger partial charge in [0.1, 0.15) is 0 Å². The van der Waals surface area contributed by atoms with Gasteiger partial charge >= 0.3 is 0 Å². The van der Waals surface area contributed by atoms with Crippen LogP contribution in [0.5, 0.6) is 0 Å². The number of thiazole rings is 1. The van der Waals surface area contributed by atoms with Crippen LogP contribution in [0.2, 0.25) is 0 Å². The van der Waals surface area contributed by atoms with Crippen molar-refractivity contribution in [2.24, 2.45) is 0 Å². The molecule has 1 aliphatic rings. The lowest BCUT2D eigenvalue weighted by molar-refractivity contribution is 0.180. The van der Waals surface area contributed by atoms with Crippen LogP contribution in [-0.4, -0.2) is 48.8 Å². The maximum absolute atomic E-state index is 12.6. The zero-order valence-electron chi connectivity index (χ0n) is 12.8. The van der Waals surface area contributed by atoms with Crippen LogP contribution in [0.25, 0.3) is 0 Å². The van der Waals surface area contributed by atoms with E-state index in [1.54, 1.807) is 39.9 Å². The number of piperazine rings is 1. The average Bonchev–Trinajstić information content (AvgIpc) is 2.93. The highest BCUT2D eigenvalue weighted by Crippen LogP contribution is 2.20. The first-order chi connectivity index (χ1) is 10.9. The highest BCUT2D eigenvalue weighted by Gasteiger charge is 2.28. The number of halogens is 1. The SMILES string of the molecule is Cc1nc(CN2CCN(S(=O)(=O)c3ccc(Br)cc3)CC2)cs1. The minimum Gasteiger partial charge on any atom is -0.295 e. The Kier molecular flexibility index (Phi) is 5.17. The van der Waals surface area contributed by atoms with E-state index in [1.165, 1.54) is 0 Å². The second-order valence-corrected chi connectivity index (χ2v) is 9.41. The van der Waals surface area contributed by atoms with Gasteiger partial charge < -0.3 is 0 Å². The van der Waals surface area contributed by atoms with E-state index in [2.05, 4.69) is 31.2 Å². The number of aryl methyl sites for hydroxylation is 1. The maximum atomic E-state index is 12.6. The van der Waals surface area contributed by atoms with Gasteiger partial charge in [-0.3, -0.25) is 4.90 Å². The van der Waals surface area contributed by atoms with Crippen molar-refractivity contribution in [2.45, 2.75) is 18.4 Å². The Morgan fingerprint density at radius 3 is 2.39 bits per heavy atom. The number of aromatic nitrogens is 1. The third-order valence-electron chi connectivity index (χ3n) is 3.83. The molecule has 124 valence electrons. The molecular weight excluding hydrogens is 398 g/mol. The first-order valence-corrected chi connectivity index (χ1v) is 10.5. The predicted octanol–water partition coefficient (Wildman–Crippen LogP) is 2.72. The minimum atomic E-state index is -3.40. The van der Waals surface area contributed by atoms with E-state index in [1.807, 2.05) is 6.92 Å². The Hall–Kier alpha value is -0.800. The minimum absolute atomic E-state index is 0.351. The summed E-state index contributed by atoms with van der Waals surface area (Å²) in [5, 5.41) is 3.14. The topological polar surface area (TPSA) is 53.5 Å². The summed E-state index contributed by atoms with van der Waals surface area (Å²) in [5.74, 6) is 0. The van der Waals surface area contributed by atoms with Crippen molar-refractivity contribution in [1.29, 1.82) is 0 Å². The highest BCUT2D eigenvalue weighted by molar-refractivity contribution is 9.10. The molecule has 0 radical (unpaired) electrons. The third kappa shape index (κ3) is 4.00. The van der Waals surface area contributed by atoms with Crippen LogP contribution in [0.3, 0.4) is 0 Å². The lowest BCUT2D eigenvalue weighted by Gasteiger charge is -2.33. The molecule has 5 nitrogen and oxygen atoms in total. The number of sulfonamides is 1. The fraction of sp³-hybridized carbons (Fsp3) is 0.400. The van der Waals surface area contributed by atoms with Crippen LogP contribution in [0, 0.1) is 6.92 Å². The predicted molar refractivity (Wildman–Crippen MR) is 95.0 cm³/mol. The van der Waals surface area contributed by atoms with E-state index >= 15 is 0 Å². The van der Waals surface area contributed by atoms with Crippen molar-refractivity contribution < 1.29 is 8.42 Å². The first-order valence-electron chi connectivity index (χ1n) is 7.34. The van der Waals surface area contributed by atoms with Crippen LogP contribution in [0.4, 0.5) is 0 Å². The monoisotopic (exact) mass is 415 g/mol. The molecule has 1 aromatic carbocycles. The molecule has 1 aliphatic heterocycles. The van der Waals surface area contributed by atoms with Gasteiger partial charge in [0, 0.05) is 42.6 Å². The second-order valence-electron chi connectivity index (χ2n) is 5.49. The standard InChI is InChI=1S/C15H18BrN3O2S2/c1-12-17-14(11-22-12)10-18-6-8-19(9-7-18)23(20,21)15-4-2-13(16)3-5-15/h2-5,11H,6-10H2,1H3. The van der Waals surface area contributed by atoms with Gasteiger partial charge in [-0.2, -0.15) is 4.31 Å². The van der Waals surface area contributed by atoms with Gasteiger partial charge in [0.2, 0.25) is 10.0 Å². The normalized spacial score (nSPS) is 17.5. The molecule has 1 fully saturated rings. The van der Waals surface area contributed by atoms with Gasteiger partial charge in [-0.05, 0) is 31.2 Å². The van der Waals surface area contributed by atoms with Crippen molar-refractivity contribution in [2.75, 3.05) is 26.2 Å². The van der Waals surface area contributed by atoms with Crippen molar-refractivity contribution in [3.8, 4) is 0 Å². The van der Waals surface area contributed by atoms with Crippen LogP contribution < -0.4 is 0 Å². The summed E-state index contributed by atoms with van der Waals surface area (Å²) in [5.41, 5.74) is 1.07. The van der Waals surface area contributed by atoms with Gasteiger partial charge in [-0.15, -0.1) is 11.3 Å². The summed E-state index contributed by atoms with van der Waals surface area (Å²) in [6.45, 7) is 5.27. The molecule has 1 saturated heterocycles.